The van der Waals surface area contributed by atoms with Crippen LogP contribution in [0.15, 0.2) is 24.5 Å². The van der Waals surface area contributed by atoms with Crippen molar-refractivity contribution in [3.8, 4) is 0 Å². The van der Waals surface area contributed by atoms with Gasteiger partial charge < -0.3 is 25.0 Å². The van der Waals surface area contributed by atoms with Crippen molar-refractivity contribution < 1.29 is 19.0 Å². The number of methoxy groups -OCH3 is 1. The van der Waals surface area contributed by atoms with Gasteiger partial charge in [0.05, 0.1) is 28.8 Å². The predicted molar refractivity (Wildman–Crippen MR) is 159 cm³/mol. The first-order valence-corrected chi connectivity index (χ1v) is 14.0. The molecule has 0 spiro atoms. The fraction of sp³-hybridized carbons (Fsp3) is 0.607. The third-order valence-electron chi connectivity index (χ3n) is 8.43. The summed E-state index contributed by atoms with van der Waals surface area (Å²) in [5.41, 5.74) is 2.37. The lowest BCUT2D eigenvalue weighted by Gasteiger charge is -2.38. The van der Waals surface area contributed by atoms with Crippen LogP contribution >= 0.6 is 36.4 Å². The molecule has 1 aromatic carbocycles. The van der Waals surface area contributed by atoms with Crippen molar-refractivity contribution in [3.63, 3.8) is 0 Å². The number of piperazine rings is 1. The summed E-state index contributed by atoms with van der Waals surface area (Å²) >= 11 is 5.94. The van der Waals surface area contributed by atoms with E-state index in [1.807, 2.05) is 4.90 Å². The van der Waals surface area contributed by atoms with Crippen LogP contribution in [0.25, 0.3) is 0 Å². The lowest BCUT2D eigenvalue weighted by molar-refractivity contribution is -0.133. The van der Waals surface area contributed by atoms with Gasteiger partial charge in [-0.05, 0) is 55.7 Å². The summed E-state index contributed by atoms with van der Waals surface area (Å²) in [5.74, 6) is 0.00951. The molecule has 3 aliphatic rings. The Bertz CT molecular complexity index is 1150. The summed E-state index contributed by atoms with van der Waals surface area (Å²) < 4.78 is 19.9. The highest BCUT2D eigenvalue weighted by Gasteiger charge is 2.35. The number of hydrogen-bond donors (Lipinski definition) is 2. The molecular weight excluding hydrogens is 580 g/mol. The van der Waals surface area contributed by atoms with Crippen LogP contribution < -0.4 is 10.2 Å². The van der Waals surface area contributed by atoms with Gasteiger partial charge >= 0.3 is 0 Å². The second-order valence-corrected chi connectivity index (χ2v) is 11.2. The van der Waals surface area contributed by atoms with E-state index in [-0.39, 0.29) is 41.7 Å². The zero-order chi connectivity index (χ0) is 26.8. The smallest absolute Gasteiger partial charge is 0.231 e. The molecule has 1 aliphatic heterocycles. The number of rotatable bonds is 7. The second-order valence-electron chi connectivity index (χ2n) is 10.8. The van der Waals surface area contributed by atoms with Crippen molar-refractivity contribution in [3.05, 3.63) is 52.2 Å². The fourth-order valence-corrected chi connectivity index (χ4v) is 6.29. The van der Waals surface area contributed by atoms with E-state index in [1.54, 1.807) is 13.2 Å². The van der Waals surface area contributed by atoms with E-state index in [0.717, 1.165) is 42.8 Å². The van der Waals surface area contributed by atoms with Gasteiger partial charge in [-0.2, -0.15) is 0 Å². The van der Waals surface area contributed by atoms with E-state index >= 15 is 0 Å². The van der Waals surface area contributed by atoms with E-state index in [9.17, 15) is 14.3 Å². The quantitative estimate of drug-likeness (QED) is 0.468. The molecule has 1 aromatic heterocycles. The highest BCUT2D eigenvalue weighted by Crippen LogP contribution is 2.42. The molecule has 1 amide bonds. The largest absolute Gasteiger partial charge is 0.387 e. The van der Waals surface area contributed by atoms with Crippen molar-refractivity contribution >= 4 is 48.1 Å². The number of nitrogens with one attached hydrogen (secondary N) is 1. The van der Waals surface area contributed by atoms with Crippen LogP contribution in [0.1, 0.15) is 73.8 Å². The maximum absolute atomic E-state index is 14.4. The molecule has 5 rings (SSSR count). The van der Waals surface area contributed by atoms with Crippen LogP contribution in [0, 0.1) is 5.82 Å². The highest BCUT2D eigenvalue weighted by atomic mass is 35.5. The molecule has 0 bridgehead atoms. The first kappa shape index (κ1) is 32.8. The van der Waals surface area contributed by atoms with Gasteiger partial charge in [0, 0.05) is 51.4 Å². The Labute approximate surface area is 252 Å². The molecule has 2 aliphatic carbocycles. The van der Waals surface area contributed by atoms with Crippen molar-refractivity contribution in [2.75, 3.05) is 44.7 Å². The van der Waals surface area contributed by atoms with Crippen LogP contribution in [-0.4, -0.2) is 77.9 Å². The molecule has 1 saturated heterocycles. The Hall–Kier alpha value is -1.75. The van der Waals surface area contributed by atoms with Gasteiger partial charge in [-0.25, -0.2) is 14.4 Å². The first-order valence-electron chi connectivity index (χ1n) is 13.6. The van der Waals surface area contributed by atoms with Gasteiger partial charge in [0.25, 0.3) is 0 Å². The van der Waals surface area contributed by atoms with Crippen molar-refractivity contribution in [1.29, 1.82) is 0 Å². The predicted octanol–water partition coefficient (Wildman–Crippen LogP) is 4.63. The van der Waals surface area contributed by atoms with Crippen molar-refractivity contribution in [2.24, 2.45) is 0 Å². The number of aliphatic hydroxyl groups excluding tert-OH is 1. The molecule has 0 unspecified atom stereocenters. The molecule has 2 fully saturated rings. The Morgan fingerprint density at radius 3 is 2.52 bits per heavy atom. The molecule has 2 aromatic rings. The third kappa shape index (κ3) is 6.99. The van der Waals surface area contributed by atoms with Gasteiger partial charge in [-0.3, -0.25) is 4.79 Å². The third-order valence-corrected chi connectivity index (χ3v) is 8.74. The normalized spacial score (nSPS) is 25.0. The van der Waals surface area contributed by atoms with Gasteiger partial charge in [0.1, 0.15) is 18.0 Å². The van der Waals surface area contributed by atoms with E-state index in [4.69, 9.17) is 16.3 Å². The van der Waals surface area contributed by atoms with E-state index in [1.165, 1.54) is 18.5 Å². The maximum Gasteiger partial charge on any atom is 0.231 e. The lowest BCUT2D eigenvalue weighted by atomic mass is 9.91. The summed E-state index contributed by atoms with van der Waals surface area (Å²) in [4.78, 5) is 26.7. The molecule has 3 atom stereocenters. The van der Waals surface area contributed by atoms with Crippen LogP contribution in [0.2, 0.25) is 5.02 Å². The Kier molecular flexibility index (Phi) is 11.8. The minimum atomic E-state index is -0.554. The minimum absolute atomic E-state index is 0. The standard InChI is InChI=1S/C28H37ClFN5O3.2ClH/c1-17-13-24(36)26-25(17)27(33-16-32-26)34-9-11-35(12-10-34)28(37)21(18-3-8-22(29)23(30)14-18)15-31-19-4-6-20(38-2)7-5-19;;/h3,8,14,16-17,19-21,24,31,36H,4-7,9-13,15H2,1-2H3;2*1H/t17-,19?,20?,21-,24-;;/m1../s1. The molecule has 8 nitrogen and oxygen atoms in total. The van der Waals surface area contributed by atoms with Crippen LogP contribution in [0.5, 0.6) is 0 Å². The molecule has 2 N–H and O–H groups in total. The number of halogens is 4. The number of nitrogens with zero attached hydrogens (tertiary/aromatic N) is 4. The van der Waals surface area contributed by atoms with Gasteiger partial charge in [-0.1, -0.05) is 24.6 Å². The number of fused-ring (bicyclic) bond motifs is 1. The maximum atomic E-state index is 14.4. The van der Waals surface area contributed by atoms with E-state index in [2.05, 4.69) is 27.1 Å². The summed E-state index contributed by atoms with van der Waals surface area (Å²) in [6.07, 6.45) is 5.88. The lowest BCUT2D eigenvalue weighted by Crippen LogP contribution is -2.51. The molecule has 1 saturated carbocycles. The molecule has 40 heavy (non-hydrogen) atoms. The topological polar surface area (TPSA) is 90.8 Å². The number of aromatic nitrogens is 2. The first-order chi connectivity index (χ1) is 18.4. The van der Waals surface area contributed by atoms with E-state index in [0.29, 0.717) is 56.9 Å². The zero-order valence-corrected chi connectivity index (χ0v) is 25.3. The summed E-state index contributed by atoms with van der Waals surface area (Å²) in [7, 11) is 1.75. The summed E-state index contributed by atoms with van der Waals surface area (Å²) in [6, 6.07) is 4.98. The fourth-order valence-electron chi connectivity index (χ4n) is 6.18. The highest BCUT2D eigenvalue weighted by molar-refractivity contribution is 6.30. The summed E-state index contributed by atoms with van der Waals surface area (Å²) in [6.45, 7) is 4.88. The van der Waals surface area contributed by atoms with Crippen molar-refractivity contribution in [1.82, 2.24) is 20.2 Å². The number of carbonyl (C=O) groups is 1. The number of amides is 1. The molecule has 222 valence electrons. The number of aliphatic hydroxyl groups is 1. The Balaban J connectivity index is 0.00000220. The van der Waals surface area contributed by atoms with Gasteiger partial charge in [0.2, 0.25) is 5.91 Å². The molecular formula is C28H39Cl3FN5O3. The number of carbonyl (C=O) groups excluding carboxylic acids is 1. The van der Waals surface area contributed by atoms with Crippen LogP contribution in [0.3, 0.4) is 0 Å². The van der Waals surface area contributed by atoms with Gasteiger partial charge in [0.15, 0.2) is 0 Å². The summed E-state index contributed by atoms with van der Waals surface area (Å²) in [5, 5.41) is 14.0. The van der Waals surface area contributed by atoms with Crippen LogP contribution in [-0.2, 0) is 9.53 Å². The second kappa shape index (κ2) is 14.4. The molecule has 2 heterocycles. The Morgan fingerprint density at radius 2 is 1.88 bits per heavy atom. The SMILES string of the molecule is COC1CCC(NC[C@@H](C(=O)N2CCN(c3ncnc4c3[C@H](C)C[C@H]4O)CC2)c2ccc(Cl)c(F)c2)CC1.Cl.Cl. The molecule has 0 radical (unpaired) electrons. The molecule has 12 heteroatoms. The zero-order valence-electron chi connectivity index (χ0n) is 22.9. The monoisotopic (exact) mass is 617 g/mol. The average Bonchev–Trinajstić information content (AvgIpc) is 3.24. The Morgan fingerprint density at radius 1 is 1.18 bits per heavy atom. The van der Waals surface area contributed by atoms with Gasteiger partial charge in [-0.15, -0.1) is 24.8 Å². The number of benzene rings is 1. The van der Waals surface area contributed by atoms with E-state index < -0.39 is 17.8 Å². The van der Waals surface area contributed by atoms with Crippen molar-refractivity contribution in [2.45, 2.75) is 69.1 Å². The average molecular weight is 619 g/mol. The number of hydrogen-bond acceptors (Lipinski definition) is 7. The van der Waals surface area contributed by atoms with Crippen LogP contribution in [0.4, 0.5) is 10.2 Å². The minimum Gasteiger partial charge on any atom is -0.387 e. The number of anilines is 1. The number of ether oxygens (including phenoxy) is 1.